The molecule has 0 aliphatic carbocycles. The molecule has 0 bridgehead atoms. The van der Waals surface area contributed by atoms with Gasteiger partial charge in [0.15, 0.2) is 0 Å². The molecule has 1 aliphatic heterocycles. The predicted molar refractivity (Wildman–Crippen MR) is 107 cm³/mol. The van der Waals surface area contributed by atoms with E-state index in [1.807, 2.05) is 31.2 Å². The van der Waals surface area contributed by atoms with Gasteiger partial charge in [-0.1, -0.05) is 36.2 Å². The number of benzene rings is 1. The molecule has 0 fully saturated rings. The van der Waals surface area contributed by atoms with Crippen molar-refractivity contribution in [3.05, 3.63) is 47.0 Å². The molecule has 6 nitrogen and oxygen atoms in total. The van der Waals surface area contributed by atoms with Gasteiger partial charge in [-0.3, -0.25) is 4.79 Å². The van der Waals surface area contributed by atoms with E-state index in [4.69, 9.17) is 5.73 Å². The van der Waals surface area contributed by atoms with Gasteiger partial charge in [-0.05, 0) is 25.3 Å². The van der Waals surface area contributed by atoms with Crippen molar-refractivity contribution in [1.82, 2.24) is 20.1 Å². The summed E-state index contributed by atoms with van der Waals surface area (Å²) in [5.41, 5.74) is 8.01. The van der Waals surface area contributed by atoms with E-state index in [2.05, 4.69) is 20.1 Å². The Labute approximate surface area is 166 Å². The third-order valence-corrected chi connectivity index (χ3v) is 4.55. The first kappa shape index (κ1) is 22.4. The molecule has 1 aliphatic rings. The van der Waals surface area contributed by atoms with Crippen LogP contribution in [0, 0.1) is 6.92 Å². The number of rotatable bonds is 5. The lowest BCUT2D eigenvalue weighted by Crippen LogP contribution is -2.35. The maximum Gasteiger partial charge on any atom is 0.241 e. The van der Waals surface area contributed by atoms with E-state index in [-0.39, 0.29) is 30.7 Å². The number of fused-ring (bicyclic) bond motifs is 1. The van der Waals surface area contributed by atoms with Gasteiger partial charge in [0.1, 0.15) is 17.7 Å². The smallest absolute Gasteiger partial charge is 0.241 e. The third-order valence-electron chi connectivity index (χ3n) is 4.55. The minimum atomic E-state index is -0.638. The second-order valence-electron chi connectivity index (χ2n) is 6.42. The first-order valence-electron chi connectivity index (χ1n) is 8.66. The summed E-state index contributed by atoms with van der Waals surface area (Å²) in [6.45, 7) is 3.52. The summed E-state index contributed by atoms with van der Waals surface area (Å²) in [5, 5.41) is 11.5. The Morgan fingerprint density at radius 3 is 2.65 bits per heavy atom. The van der Waals surface area contributed by atoms with Gasteiger partial charge >= 0.3 is 0 Å². The minimum Gasteiger partial charge on any atom is -0.354 e. The topological polar surface area (TPSA) is 85.8 Å². The molecule has 2 aromatic rings. The number of nitrogens with one attached hydrogen (secondary N) is 1. The number of nitrogens with zero attached hydrogens (tertiary/aromatic N) is 3. The maximum absolute atomic E-state index is 12.2. The first-order chi connectivity index (χ1) is 11.6. The van der Waals surface area contributed by atoms with Gasteiger partial charge in [0, 0.05) is 25.9 Å². The standard InChI is InChI=1S/C18H25N5O.2ClH/c1-13-6-8-14(9-7-13)17(19)18(24)20-11-10-16-22-21-15-5-3-2-4-12-23(15)16;;/h6-9,17H,2-5,10-12,19H2,1H3,(H,20,24);2*1H. The van der Waals surface area contributed by atoms with Crippen molar-refractivity contribution in [3.8, 4) is 0 Å². The Morgan fingerprint density at radius 2 is 1.92 bits per heavy atom. The highest BCUT2D eigenvalue weighted by atomic mass is 35.5. The van der Waals surface area contributed by atoms with Crippen LogP contribution in [-0.2, 0) is 24.2 Å². The van der Waals surface area contributed by atoms with Crippen LogP contribution in [0.3, 0.4) is 0 Å². The molecular formula is C18H27Cl2N5O. The van der Waals surface area contributed by atoms with Crippen molar-refractivity contribution in [3.63, 3.8) is 0 Å². The second-order valence-corrected chi connectivity index (χ2v) is 6.42. The molecule has 1 unspecified atom stereocenters. The average Bonchev–Trinajstić information content (AvgIpc) is 2.81. The fraction of sp³-hybridized carbons (Fsp3) is 0.500. The Hall–Kier alpha value is -1.63. The van der Waals surface area contributed by atoms with Crippen molar-refractivity contribution in [1.29, 1.82) is 0 Å². The molecule has 3 rings (SSSR count). The number of nitrogens with two attached hydrogens (primary N) is 1. The molecule has 8 heteroatoms. The molecule has 0 saturated carbocycles. The van der Waals surface area contributed by atoms with E-state index < -0.39 is 6.04 Å². The number of hydrogen-bond donors (Lipinski definition) is 2. The van der Waals surface area contributed by atoms with Crippen molar-refractivity contribution in [2.45, 2.75) is 51.6 Å². The summed E-state index contributed by atoms with van der Waals surface area (Å²) >= 11 is 0. The van der Waals surface area contributed by atoms with Crippen LogP contribution in [0.1, 0.15) is 48.1 Å². The summed E-state index contributed by atoms with van der Waals surface area (Å²) in [6, 6.07) is 7.10. The molecule has 3 N–H and O–H groups in total. The number of aryl methyl sites for hydroxylation is 2. The van der Waals surface area contributed by atoms with Gasteiger partial charge in [-0.2, -0.15) is 0 Å². The zero-order chi connectivity index (χ0) is 16.9. The fourth-order valence-corrected chi connectivity index (χ4v) is 3.06. The molecule has 1 aromatic heterocycles. The second kappa shape index (κ2) is 10.5. The van der Waals surface area contributed by atoms with Gasteiger partial charge in [0.05, 0.1) is 0 Å². The predicted octanol–water partition coefficient (Wildman–Crippen LogP) is 2.52. The van der Waals surface area contributed by atoms with Crippen molar-refractivity contribution in [2.24, 2.45) is 5.73 Å². The third kappa shape index (κ3) is 5.43. The molecule has 1 aromatic carbocycles. The fourth-order valence-electron chi connectivity index (χ4n) is 3.06. The van der Waals surface area contributed by atoms with Crippen molar-refractivity contribution < 1.29 is 4.79 Å². The Balaban J connectivity index is 0.00000169. The summed E-state index contributed by atoms with van der Waals surface area (Å²) < 4.78 is 2.21. The van der Waals surface area contributed by atoms with E-state index in [0.717, 1.165) is 35.7 Å². The zero-order valence-corrected chi connectivity index (χ0v) is 16.6. The summed E-state index contributed by atoms with van der Waals surface area (Å²) in [4.78, 5) is 12.2. The number of aromatic nitrogens is 3. The largest absolute Gasteiger partial charge is 0.354 e. The monoisotopic (exact) mass is 399 g/mol. The van der Waals surface area contributed by atoms with E-state index in [0.29, 0.717) is 13.0 Å². The Morgan fingerprint density at radius 1 is 1.19 bits per heavy atom. The molecule has 0 spiro atoms. The molecule has 2 heterocycles. The van der Waals surface area contributed by atoms with Gasteiger partial charge in [-0.25, -0.2) is 0 Å². The Kier molecular flexibility index (Phi) is 9.05. The van der Waals surface area contributed by atoms with Crippen LogP contribution >= 0.6 is 24.8 Å². The number of halogens is 2. The molecule has 144 valence electrons. The van der Waals surface area contributed by atoms with Crippen molar-refractivity contribution >= 4 is 30.7 Å². The maximum atomic E-state index is 12.2. The summed E-state index contributed by atoms with van der Waals surface area (Å²) in [7, 11) is 0. The van der Waals surface area contributed by atoms with Gasteiger partial charge < -0.3 is 15.6 Å². The van der Waals surface area contributed by atoms with Crippen LogP contribution in [0.2, 0.25) is 0 Å². The van der Waals surface area contributed by atoms with Gasteiger partial charge in [-0.15, -0.1) is 35.0 Å². The summed E-state index contributed by atoms with van der Waals surface area (Å²) in [5.74, 6) is 1.87. The van der Waals surface area contributed by atoms with Crippen LogP contribution in [0.25, 0.3) is 0 Å². The minimum absolute atomic E-state index is 0. The van der Waals surface area contributed by atoms with E-state index >= 15 is 0 Å². The van der Waals surface area contributed by atoms with E-state index in [1.54, 1.807) is 0 Å². The molecule has 26 heavy (non-hydrogen) atoms. The van der Waals surface area contributed by atoms with E-state index in [1.165, 1.54) is 19.3 Å². The van der Waals surface area contributed by atoms with Gasteiger partial charge in [0.25, 0.3) is 0 Å². The number of carbonyl (C=O) groups excluding carboxylic acids is 1. The lowest BCUT2D eigenvalue weighted by Gasteiger charge is -2.13. The zero-order valence-electron chi connectivity index (χ0n) is 15.0. The average molecular weight is 400 g/mol. The number of carbonyl (C=O) groups is 1. The summed E-state index contributed by atoms with van der Waals surface area (Å²) in [6.07, 6.45) is 5.27. The van der Waals surface area contributed by atoms with Crippen LogP contribution in [0.5, 0.6) is 0 Å². The quantitative estimate of drug-likeness (QED) is 0.808. The lowest BCUT2D eigenvalue weighted by molar-refractivity contribution is -0.122. The molecule has 1 amide bonds. The molecule has 0 radical (unpaired) electrons. The first-order valence-corrected chi connectivity index (χ1v) is 8.66. The van der Waals surface area contributed by atoms with E-state index in [9.17, 15) is 4.79 Å². The van der Waals surface area contributed by atoms with Crippen LogP contribution in [0.4, 0.5) is 0 Å². The van der Waals surface area contributed by atoms with Crippen LogP contribution in [-0.4, -0.2) is 27.2 Å². The van der Waals surface area contributed by atoms with Crippen LogP contribution in [0.15, 0.2) is 24.3 Å². The number of hydrogen-bond acceptors (Lipinski definition) is 4. The SMILES string of the molecule is Cc1ccc(C(N)C(=O)NCCc2nnc3n2CCCCC3)cc1.Cl.Cl. The van der Waals surface area contributed by atoms with Crippen molar-refractivity contribution in [2.75, 3.05) is 6.54 Å². The highest BCUT2D eigenvalue weighted by Gasteiger charge is 2.17. The molecule has 1 atom stereocenters. The van der Waals surface area contributed by atoms with Gasteiger partial charge in [0.2, 0.25) is 5.91 Å². The molecule has 0 saturated heterocycles. The number of amides is 1. The highest BCUT2D eigenvalue weighted by Crippen LogP contribution is 2.15. The Bertz CT molecular complexity index is 702. The lowest BCUT2D eigenvalue weighted by atomic mass is 10.1. The normalized spacial score (nSPS) is 14.2. The highest BCUT2D eigenvalue weighted by molar-refractivity contribution is 5.85. The van der Waals surface area contributed by atoms with Crippen LogP contribution < -0.4 is 11.1 Å². The molecular weight excluding hydrogens is 373 g/mol.